The molecule has 1 N–H and O–H groups in total. The van der Waals surface area contributed by atoms with E-state index in [9.17, 15) is 0 Å². The van der Waals surface area contributed by atoms with Crippen molar-refractivity contribution in [2.75, 3.05) is 18.6 Å². The summed E-state index contributed by atoms with van der Waals surface area (Å²) in [7, 11) is 0. The monoisotopic (exact) mass is 234 g/mol. The third-order valence-electron chi connectivity index (χ3n) is 2.52. The molecule has 0 aliphatic rings. The molecule has 0 fully saturated rings. The molecule has 0 heterocycles. The summed E-state index contributed by atoms with van der Waals surface area (Å²) in [6, 6.07) is 10.3. The second kappa shape index (κ2) is 7.32. The molecule has 0 saturated carbocycles. The Hall–Kier alpha value is -0.980. The van der Waals surface area contributed by atoms with Crippen LogP contribution in [0.3, 0.4) is 0 Å². The number of rotatable bonds is 6. The van der Waals surface area contributed by atoms with Gasteiger partial charge in [0.15, 0.2) is 0 Å². The highest BCUT2D eigenvalue weighted by molar-refractivity contribution is 7.98. The van der Waals surface area contributed by atoms with Crippen LogP contribution in [-0.4, -0.2) is 18.6 Å². The Kier molecular flexibility index (Phi) is 5.99. The largest absolute Gasteiger partial charge is 0.310 e. The van der Waals surface area contributed by atoms with Crippen molar-refractivity contribution in [3.05, 3.63) is 35.4 Å². The van der Waals surface area contributed by atoms with E-state index in [1.165, 1.54) is 17.7 Å². The molecular weight excluding hydrogens is 216 g/mol. The molecule has 1 atom stereocenters. The summed E-state index contributed by atoms with van der Waals surface area (Å²) in [5, 5.41) is 12.2. The normalized spacial score (nSPS) is 12.1. The summed E-state index contributed by atoms with van der Waals surface area (Å²) in [4.78, 5) is 0. The Balaban J connectivity index is 2.40. The Morgan fingerprint density at radius 2 is 2.06 bits per heavy atom. The van der Waals surface area contributed by atoms with Crippen LogP contribution in [-0.2, 0) is 0 Å². The third kappa shape index (κ3) is 4.26. The summed E-state index contributed by atoms with van der Waals surface area (Å²) in [5.74, 6) is 1.20. The lowest BCUT2D eigenvalue weighted by atomic mass is 10.1. The van der Waals surface area contributed by atoms with Crippen LogP contribution in [0.5, 0.6) is 0 Å². The van der Waals surface area contributed by atoms with Gasteiger partial charge in [-0.2, -0.15) is 17.0 Å². The van der Waals surface area contributed by atoms with Crippen LogP contribution in [0.15, 0.2) is 24.3 Å². The van der Waals surface area contributed by atoms with E-state index < -0.39 is 0 Å². The van der Waals surface area contributed by atoms with Gasteiger partial charge >= 0.3 is 0 Å². The van der Waals surface area contributed by atoms with Gasteiger partial charge in [-0.25, -0.2) is 0 Å². The molecule has 16 heavy (non-hydrogen) atoms. The van der Waals surface area contributed by atoms with Crippen LogP contribution in [0.2, 0.25) is 0 Å². The topological polar surface area (TPSA) is 35.8 Å². The molecule has 3 heteroatoms. The van der Waals surface area contributed by atoms with Gasteiger partial charge in [-0.1, -0.05) is 12.1 Å². The molecule has 0 aromatic heterocycles. The third-order valence-corrected chi connectivity index (χ3v) is 3.21. The summed E-state index contributed by atoms with van der Waals surface area (Å²) in [6.07, 6.45) is 3.33. The van der Waals surface area contributed by atoms with Crippen molar-refractivity contribution in [1.82, 2.24) is 5.32 Å². The molecule has 0 radical (unpaired) electrons. The van der Waals surface area contributed by atoms with Gasteiger partial charge in [0.1, 0.15) is 0 Å². The minimum absolute atomic E-state index is 0.356. The summed E-state index contributed by atoms with van der Waals surface area (Å²) in [5.41, 5.74) is 1.96. The van der Waals surface area contributed by atoms with Crippen molar-refractivity contribution in [2.24, 2.45) is 0 Å². The minimum atomic E-state index is 0.356. The molecule has 86 valence electrons. The van der Waals surface area contributed by atoms with E-state index in [0.717, 1.165) is 12.1 Å². The average molecular weight is 234 g/mol. The SMILES string of the molecule is CSCCCNC(C)c1ccc(C#N)cc1. The van der Waals surface area contributed by atoms with E-state index in [4.69, 9.17) is 5.26 Å². The maximum Gasteiger partial charge on any atom is 0.0991 e. The lowest BCUT2D eigenvalue weighted by Gasteiger charge is -2.13. The van der Waals surface area contributed by atoms with Crippen molar-refractivity contribution >= 4 is 11.8 Å². The van der Waals surface area contributed by atoms with Gasteiger partial charge in [-0.15, -0.1) is 0 Å². The Labute approximate surface area is 102 Å². The summed E-state index contributed by atoms with van der Waals surface area (Å²) in [6.45, 7) is 3.20. The first-order chi connectivity index (χ1) is 7.77. The predicted octanol–water partition coefficient (Wildman–Crippen LogP) is 2.96. The van der Waals surface area contributed by atoms with Gasteiger partial charge in [-0.05, 0) is 49.6 Å². The van der Waals surface area contributed by atoms with E-state index in [0.29, 0.717) is 6.04 Å². The summed E-state index contributed by atoms with van der Waals surface area (Å²) < 4.78 is 0. The fourth-order valence-electron chi connectivity index (χ4n) is 1.50. The highest BCUT2D eigenvalue weighted by Crippen LogP contribution is 2.12. The van der Waals surface area contributed by atoms with Crippen LogP contribution in [0.4, 0.5) is 0 Å². The average Bonchev–Trinajstić information content (AvgIpc) is 2.34. The van der Waals surface area contributed by atoms with Crippen LogP contribution in [0.1, 0.15) is 30.5 Å². The number of benzene rings is 1. The molecule has 1 aromatic carbocycles. The van der Waals surface area contributed by atoms with Gasteiger partial charge in [-0.3, -0.25) is 0 Å². The van der Waals surface area contributed by atoms with Crippen LogP contribution in [0.25, 0.3) is 0 Å². The van der Waals surface area contributed by atoms with Gasteiger partial charge < -0.3 is 5.32 Å². The number of nitrogens with zero attached hydrogens (tertiary/aromatic N) is 1. The molecule has 0 aliphatic heterocycles. The zero-order chi connectivity index (χ0) is 11.8. The van der Waals surface area contributed by atoms with Crippen LogP contribution in [0, 0.1) is 11.3 Å². The van der Waals surface area contributed by atoms with E-state index >= 15 is 0 Å². The summed E-state index contributed by atoms with van der Waals surface area (Å²) >= 11 is 1.88. The fraction of sp³-hybridized carbons (Fsp3) is 0.462. The van der Waals surface area contributed by atoms with Crippen LogP contribution >= 0.6 is 11.8 Å². The Morgan fingerprint density at radius 1 is 1.38 bits per heavy atom. The molecule has 0 spiro atoms. The van der Waals surface area contributed by atoms with E-state index in [2.05, 4.69) is 24.6 Å². The quantitative estimate of drug-likeness (QED) is 0.769. The van der Waals surface area contributed by atoms with Crippen molar-refractivity contribution < 1.29 is 0 Å². The first kappa shape index (κ1) is 13.1. The Morgan fingerprint density at radius 3 is 2.62 bits per heavy atom. The number of hydrogen-bond donors (Lipinski definition) is 1. The molecule has 1 aromatic rings. The highest BCUT2D eigenvalue weighted by Gasteiger charge is 2.03. The number of nitriles is 1. The maximum absolute atomic E-state index is 8.70. The number of thioether (sulfide) groups is 1. The van der Waals surface area contributed by atoms with Crippen molar-refractivity contribution in [3.8, 4) is 6.07 Å². The van der Waals surface area contributed by atoms with Gasteiger partial charge in [0.2, 0.25) is 0 Å². The molecular formula is C13H18N2S. The first-order valence-electron chi connectivity index (χ1n) is 5.50. The maximum atomic E-state index is 8.70. The van der Waals surface area contributed by atoms with Gasteiger partial charge in [0.25, 0.3) is 0 Å². The lowest BCUT2D eigenvalue weighted by molar-refractivity contribution is 0.572. The predicted molar refractivity (Wildman–Crippen MR) is 70.6 cm³/mol. The zero-order valence-electron chi connectivity index (χ0n) is 9.86. The van der Waals surface area contributed by atoms with E-state index in [1.807, 2.05) is 36.0 Å². The van der Waals surface area contributed by atoms with Gasteiger partial charge in [0, 0.05) is 6.04 Å². The second-order valence-corrected chi connectivity index (χ2v) is 4.74. The zero-order valence-corrected chi connectivity index (χ0v) is 10.7. The lowest BCUT2D eigenvalue weighted by Crippen LogP contribution is -2.20. The fourth-order valence-corrected chi connectivity index (χ4v) is 1.93. The molecule has 1 rings (SSSR count). The molecule has 0 saturated heterocycles. The first-order valence-corrected chi connectivity index (χ1v) is 6.89. The van der Waals surface area contributed by atoms with Gasteiger partial charge in [0.05, 0.1) is 11.6 Å². The highest BCUT2D eigenvalue weighted by atomic mass is 32.2. The minimum Gasteiger partial charge on any atom is -0.310 e. The molecule has 0 aliphatic carbocycles. The van der Waals surface area contributed by atoms with Crippen molar-refractivity contribution in [1.29, 1.82) is 5.26 Å². The second-order valence-electron chi connectivity index (χ2n) is 3.76. The van der Waals surface area contributed by atoms with Crippen molar-refractivity contribution in [3.63, 3.8) is 0 Å². The smallest absolute Gasteiger partial charge is 0.0991 e. The molecule has 0 amide bonds. The molecule has 1 unspecified atom stereocenters. The number of nitrogens with one attached hydrogen (secondary N) is 1. The van der Waals surface area contributed by atoms with E-state index in [-0.39, 0.29) is 0 Å². The molecule has 0 bridgehead atoms. The van der Waals surface area contributed by atoms with E-state index in [1.54, 1.807) is 0 Å². The van der Waals surface area contributed by atoms with Crippen molar-refractivity contribution in [2.45, 2.75) is 19.4 Å². The standard InChI is InChI=1S/C13H18N2S/c1-11(15-8-3-9-16-2)13-6-4-12(10-14)5-7-13/h4-7,11,15H,3,8-9H2,1-2H3. The number of hydrogen-bond acceptors (Lipinski definition) is 3. The Bertz CT molecular complexity index is 340. The van der Waals surface area contributed by atoms with Crippen LogP contribution < -0.4 is 5.32 Å². The molecule has 2 nitrogen and oxygen atoms in total.